The number of nitrogens with zero attached hydrogens (tertiary/aromatic N) is 1. The minimum Gasteiger partial charge on any atom is -0.369 e. The van der Waals surface area contributed by atoms with Crippen molar-refractivity contribution in [1.82, 2.24) is 4.90 Å². The number of carbonyl (C=O) groups excluding carboxylic acids is 1. The molecular formula is C17H27N3O. The smallest absolute Gasteiger partial charge is 0.221 e. The molecule has 0 radical (unpaired) electrons. The lowest BCUT2D eigenvalue weighted by Gasteiger charge is -2.40. The van der Waals surface area contributed by atoms with Crippen molar-refractivity contribution in [3.05, 3.63) is 35.4 Å². The van der Waals surface area contributed by atoms with Crippen LogP contribution in [0.25, 0.3) is 0 Å². The van der Waals surface area contributed by atoms with Gasteiger partial charge < -0.3 is 11.5 Å². The highest BCUT2D eigenvalue weighted by atomic mass is 16.1. The van der Waals surface area contributed by atoms with E-state index in [9.17, 15) is 4.79 Å². The van der Waals surface area contributed by atoms with Crippen molar-refractivity contribution in [3.63, 3.8) is 0 Å². The van der Waals surface area contributed by atoms with E-state index in [4.69, 9.17) is 11.5 Å². The fraction of sp³-hybridized carbons (Fsp3) is 0.588. The Kier molecular flexibility index (Phi) is 5.37. The molecule has 0 aromatic heterocycles. The summed E-state index contributed by atoms with van der Waals surface area (Å²) in [6.07, 6.45) is 2.82. The van der Waals surface area contributed by atoms with Gasteiger partial charge >= 0.3 is 0 Å². The van der Waals surface area contributed by atoms with Crippen molar-refractivity contribution < 1.29 is 4.79 Å². The highest BCUT2D eigenvalue weighted by molar-refractivity contribution is 5.76. The van der Waals surface area contributed by atoms with Crippen molar-refractivity contribution in [1.29, 1.82) is 0 Å². The molecule has 1 amide bonds. The number of primary amides is 1. The molecule has 1 aliphatic rings. The second-order valence-corrected chi connectivity index (χ2v) is 6.11. The molecule has 1 saturated heterocycles. The summed E-state index contributed by atoms with van der Waals surface area (Å²) < 4.78 is 0. The van der Waals surface area contributed by atoms with E-state index in [0.29, 0.717) is 0 Å². The van der Waals surface area contributed by atoms with Gasteiger partial charge in [-0.15, -0.1) is 0 Å². The van der Waals surface area contributed by atoms with E-state index < -0.39 is 0 Å². The highest BCUT2D eigenvalue weighted by Crippen LogP contribution is 2.31. The van der Waals surface area contributed by atoms with E-state index in [-0.39, 0.29) is 23.9 Å². The van der Waals surface area contributed by atoms with Crippen LogP contribution in [0.4, 0.5) is 0 Å². The fourth-order valence-electron chi connectivity index (χ4n) is 3.33. The largest absolute Gasteiger partial charge is 0.369 e. The average molecular weight is 289 g/mol. The molecule has 1 heterocycles. The first-order valence-corrected chi connectivity index (χ1v) is 7.89. The molecule has 4 N–H and O–H groups in total. The number of amides is 1. The lowest BCUT2D eigenvalue weighted by molar-refractivity contribution is -0.123. The van der Waals surface area contributed by atoms with Crippen molar-refractivity contribution in [3.8, 4) is 0 Å². The highest BCUT2D eigenvalue weighted by Gasteiger charge is 2.32. The topological polar surface area (TPSA) is 72.3 Å². The van der Waals surface area contributed by atoms with Gasteiger partial charge in [0.15, 0.2) is 0 Å². The first kappa shape index (κ1) is 16.0. The van der Waals surface area contributed by atoms with E-state index in [1.54, 1.807) is 0 Å². The molecule has 116 valence electrons. The molecule has 3 atom stereocenters. The van der Waals surface area contributed by atoms with Crippen LogP contribution in [0.1, 0.15) is 43.4 Å². The summed E-state index contributed by atoms with van der Waals surface area (Å²) in [4.78, 5) is 13.9. The van der Waals surface area contributed by atoms with Gasteiger partial charge in [0.25, 0.3) is 0 Å². The predicted octanol–water partition coefficient (Wildman–Crippen LogP) is 1.97. The van der Waals surface area contributed by atoms with Crippen molar-refractivity contribution in [2.45, 2.75) is 45.2 Å². The van der Waals surface area contributed by atoms with Crippen molar-refractivity contribution in [2.75, 3.05) is 13.1 Å². The lowest BCUT2D eigenvalue weighted by atomic mass is 9.89. The molecule has 3 unspecified atom stereocenters. The van der Waals surface area contributed by atoms with Gasteiger partial charge in [0.05, 0.1) is 12.0 Å². The van der Waals surface area contributed by atoms with Gasteiger partial charge in [-0.1, -0.05) is 31.2 Å². The van der Waals surface area contributed by atoms with Gasteiger partial charge in [-0.2, -0.15) is 0 Å². The standard InChI is InChI=1S/C17H27N3O/c1-3-15(18)16(14-9-5-4-7-12(14)2)20-10-6-8-13(11-20)17(19)21/h4-5,7,9,13,15-16H,3,6,8,10-11,18H2,1-2H3,(H2,19,21). The molecular weight excluding hydrogens is 262 g/mol. The normalized spacial score (nSPS) is 22.7. The number of piperidine rings is 1. The van der Waals surface area contributed by atoms with Crippen LogP contribution in [-0.2, 0) is 4.79 Å². The molecule has 4 nitrogen and oxygen atoms in total. The number of benzene rings is 1. The van der Waals surface area contributed by atoms with Crippen LogP contribution in [0.2, 0.25) is 0 Å². The third-order valence-corrected chi connectivity index (χ3v) is 4.63. The molecule has 4 heteroatoms. The summed E-state index contributed by atoms with van der Waals surface area (Å²) in [5.74, 6) is -0.234. The predicted molar refractivity (Wildman–Crippen MR) is 85.7 cm³/mol. The Labute approximate surface area is 127 Å². The van der Waals surface area contributed by atoms with Crippen LogP contribution in [-0.4, -0.2) is 29.9 Å². The second-order valence-electron chi connectivity index (χ2n) is 6.11. The Balaban J connectivity index is 2.28. The van der Waals surface area contributed by atoms with Gasteiger partial charge in [0, 0.05) is 12.6 Å². The minimum atomic E-state index is -0.187. The number of carbonyl (C=O) groups is 1. The van der Waals surface area contributed by atoms with E-state index in [2.05, 4.69) is 43.0 Å². The quantitative estimate of drug-likeness (QED) is 0.870. The summed E-state index contributed by atoms with van der Waals surface area (Å²) >= 11 is 0. The Morgan fingerprint density at radius 1 is 1.43 bits per heavy atom. The molecule has 2 rings (SSSR count). The Morgan fingerprint density at radius 2 is 2.14 bits per heavy atom. The Bertz CT molecular complexity index is 489. The van der Waals surface area contributed by atoms with Crippen LogP contribution in [0.15, 0.2) is 24.3 Å². The van der Waals surface area contributed by atoms with E-state index in [1.807, 2.05) is 0 Å². The number of likely N-dealkylation sites (tertiary alicyclic amines) is 1. The number of aryl methyl sites for hydroxylation is 1. The van der Waals surface area contributed by atoms with Gasteiger partial charge in [-0.3, -0.25) is 9.69 Å². The van der Waals surface area contributed by atoms with Crippen LogP contribution >= 0.6 is 0 Å². The van der Waals surface area contributed by atoms with Gasteiger partial charge in [-0.25, -0.2) is 0 Å². The Hall–Kier alpha value is -1.39. The number of nitrogens with two attached hydrogens (primary N) is 2. The number of hydrogen-bond acceptors (Lipinski definition) is 3. The molecule has 0 bridgehead atoms. The minimum absolute atomic E-state index is 0.0469. The zero-order valence-electron chi connectivity index (χ0n) is 13.1. The van der Waals surface area contributed by atoms with Crippen molar-refractivity contribution >= 4 is 5.91 Å². The van der Waals surface area contributed by atoms with Crippen LogP contribution in [0.5, 0.6) is 0 Å². The van der Waals surface area contributed by atoms with Crippen LogP contribution < -0.4 is 11.5 Å². The first-order chi connectivity index (χ1) is 10.0. The summed E-state index contributed by atoms with van der Waals surface area (Å²) in [6, 6.07) is 8.63. The maximum absolute atomic E-state index is 11.5. The monoisotopic (exact) mass is 289 g/mol. The maximum Gasteiger partial charge on any atom is 0.221 e. The SMILES string of the molecule is CCC(N)C(c1ccccc1C)N1CCCC(C(N)=O)C1. The van der Waals surface area contributed by atoms with Crippen molar-refractivity contribution in [2.24, 2.45) is 17.4 Å². The van der Waals surface area contributed by atoms with Gasteiger partial charge in [0.2, 0.25) is 5.91 Å². The summed E-state index contributed by atoms with van der Waals surface area (Å²) in [7, 11) is 0. The number of hydrogen-bond donors (Lipinski definition) is 2. The molecule has 1 aromatic carbocycles. The van der Waals surface area contributed by atoms with Crippen LogP contribution in [0, 0.1) is 12.8 Å². The third kappa shape index (κ3) is 3.63. The molecule has 1 fully saturated rings. The molecule has 1 aliphatic heterocycles. The number of rotatable bonds is 5. The third-order valence-electron chi connectivity index (χ3n) is 4.63. The van der Waals surface area contributed by atoms with Gasteiger partial charge in [-0.05, 0) is 43.9 Å². The molecule has 0 spiro atoms. The van der Waals surface area contributed by atoms with Crippen LogP contribution in [0.3, 0.4) is 0 Å². The first-order valence-electron chi connectivity index (χ1n) is 7.89. The zero-order chi connectivity index (χ0) is 15.4. The van der Waals surface area contributed by atoms with E-state index in [0.717, 1.165) is 32.4 Å². The summed E-state index contributed by atoms with van der Waals surface area (Å²) in [5, 5.41) is 0. The molecule has 21 heavy (non-hydrogen) atoms. The fourth-order valence-corrected chi connectivity index (χ4v) is 3.33. The lowest BCUT2D eigenvalue weighted by Crippen LogP contribution is -2.48. The van der Waals surface area contributed by atoms with E-state index >= 15 is 0 Å². The average Bonchev–Trinajstić information content (AvgIpc) is 2.49. The second kappa shape index (κ2) is 7.05. The Morgan fingerprint density at radius 3 is 2.76 bits per heavy atom. The van der Waals surface area contributed by atoms with Gasteiger partial charge in [0.1, 0.15) is 0 Å². The molecule has 0 saturated carbocycles. The maximum atomic E-state index is 11.5. The molecule has 0 aliphatic carbocycles. The summed E-state index contributed by atoms with van der Waals surface area (Å²) in [5.41, 5.74) is 14.5. The van der Waals surface area contributed by atoms with E-state index in [1.165, 1.54) is 11.1 Å². The summed E-state index contributed by atoms with van der Waals surface area (Å²) in [6.45, 7) is 5.95. The zero-order valence-corrected chi connectivity index (χ0v) is 13.1. The molecule has 1 aromatic rings.